The number of rotatable bonds is 6. The summed E-state index contributed by atoms with van der Waals surface area (Å²) in [5.41, 5.74) is 0. The van der Waals surface area contributed by atoms with Crippen molar-refractivity contribution in [2.75, 3.05) is 6.54 Å². The third-order valence-corrected chi connectivity index (χ3v) is 3.50. The smallest absolute Gasteiger partial charge is 0.234 e. The molecular formula is C13H26N2O. The molecule has 1 aliphatic rings. The molecule has 16 heavy (non-hydrogen) atoms. The van der Waals surface area contributed by atoms with E-state index in [9.17, 15) is 4.79 Å². The minimum atomic E-state index is 0.146. The largest absolute Gasteiger partial charge is 0.352 e. The highest BCUT2D eigenvalue weighted by atomic mass is 16.2. The van der Waals surface area contributed by atoms with Crippen LogP contribution in [0.1, 0.15) is 52.9 Å². The predicted molar refractivity (Wildman–Crippen MR) is 67.3 cm³/mol. The van der Waals surface area contributed by atoms with Gasteiger partial charge in [0.1, 0.15) is 0 Å². The molecule has 0 radical (unpaired) electrons. The maximum absolute atomic E-state index is 11.7. The summed E-state index contributed by atoms with van der Waals surface area (Å²) < 4.78 is 0. The van der Waals surface area contributed by atoms with Gasteiger partial charge >= 0.3 is 0 Å². The van der Waals surface area contributed by atoms with Crippen molar-refractivity contribution in [3.05, 3.63) is 0 Å². The summed E-state index contributed by atoms with van der Waals surface area (Å²) in [6, 6.07) is 0.891. The van der Waals surface area contributed by atoms with Crippen LogP contribution in [0.3, 0.4) is 0 Å². The van der Waals surface area contributed by atoms with Crippen LogP contribution in [0.4, 0.5) is 0 Å². The molecule has 0 saturated heterocycles. The lowest BCUT2D eigenvalue weighted by atomic mass is 10.0. The molecule has 1 saturated carbocycles. The Bertz CT molecular complexity index is 210. The van der Waals surface area contributed by atoms with Crippen LogP contribution in [0.5, 0.6) is 0 Å². The second kappa shape index (κ2) is 6.89. The number of nitrogens with one attached hydrogen (secondary N) is 2. The van der Waals surface area contributed by atoms with Crippen LogP contribution < -0.4 is 10.6 Å². The third-order valence-electron chi connectivity index (χ3n) is 3.50. The molecular weight excluding hydrogens is 200 g/mol. The minimum Gasteiger partial charge on any atom is -0.352 e. The highest BCUT2D eigenvalue weighted by Crippen LogP contribution is 2.17. The first kappa shape index (κ1) is 13.5. The van der Waals surface area contributed by atoms with Crippen molar-refractivity contribution in [2.45, 2.75) is 65.0 Å². The molecule has 1 rings (SSSR count). The summed E-state index contributed by atoms with van der Waals surface area (Å²) in [6.07, 6.45) is 6.09. The van der Waals surface area contributed by atoms with Gasteiger partial charge in [-0.1, -0.05) is 33.6 Å². The summed E-state index contributed by atoms with van der Waals surface area (Å²) in [4.78, 5) is 11.7. The zero-order chi connectivity index (χ0) is 12.0. The van der Waals surface area contributed by atoms with Gasteiger partial charge in [0.25, 0.3) is 0 Å². The molecule has 1 unspecified atom stereocenters. The van der Waals surface area contributed by atoms with E-state index in [-0.39, 0.29) is 5.91 Å². The zero-order valence-electron chi connectivity index (χ0n) is 10.9. The van der Waals surface area contributed by atoms with Gasteiger partial charge in [0.15, 0.2) is 0 Å². The number of amides is 1. The van der Waals surface area contributed by atoms with Crippen LogP contribution in [-0.2, 0) is 4.79 Å². The maximum atomic E-state index is 11.7. The maximum Gasteiger partial charge on any atom is 0.234 e. The van der Waals surface area contributed by atoms with Gasteiger partial charge in [0.2, 0.25) is 5.91 Å². The quantitative estimate of drug-likeness (QED) is 0.728. The van der Waals surface area contributed by atoms with Crippen molar-refractivity contribution < 1.29 is 4.79 Å². The van der Waals surface area contributed by atoms with Gasteiger partial charge in [-0.05, 0) is 25.2 Å². The summed E-state index contributed by atoms with van der Waals surface area (Å²) in [7, 11) is 0. The lowest BCUT2D eigenvalue weighted by Crippen LogP contribution is -2.44. The van der Waals surface area contributed by atoms with Gasteiger partial charge in [0, 0.05) is 12.1 Å². The van der Waals surface area contributed by atoms with Crippen molar-refractivity contribution in [3.63, 3.8) is 0 Å². The topological polar surface area (TPSA) is 41.1 Å². The number of hydrogen-bond acceptors (Lipinski definition) is 2. The van der Waals surface area contributed by atoms with E-state index >= 15 is 0 Å². The van der Waals surface area contributed by atoms with Crippen molar-refractivity contribution in [3.8, 4) is 0 Å². The van der Waals surface area contributed by atoms with Crippen LogP contribution in [0.15, 0.2) is 0 Å². The van der Waals surface area contributed by atoms with Crippen molar-refractivity contribution >= 4 is 5.91 Å². The Kier molecular flexibility index (Phi) is 5.81. The first-order chi connectivity index (χ1) is 7.63. The fourth-order valence-electron chi connectivity index (χ4n) is 2.36. The SMILES string of the molecule is CCC(NC(=O)CNC1CCCC1)C(C)C. The Hall–Kier alpha value is -0.570. The van der Waals surface area contributed by atoms with E-state index in [0.29, 0.717) is 24.5 Å². The van der Waals surface area contributed by atoms with Crippen molar-refractivity contribution in [1.29, 1.82) is 0 Å². The lowest BCUT2D eigenvalue weighted by Gasteiger charge is -2.21. The first-order valence-corrected chi connectivity index (χ1v) is 6.66. The average molecular weight is 226 g/mol. The van der Waals surface area contributed by atoms with Crippen LogP contribution >= 0.6 is 0 Å². The summed E-state index contributed by atoms with van der Waals surface area (Å²) >= 11 is 0. The number of carbonyl (C=O) groups is 1. The molecule has 1 atom stereocenters. The Morgan fingerprint density at radius 3 is 2.44 bits per heavy atom. The van der Waals surface area contributed by atoms with Gasteiger partial charge in [0.05, 0.1) is 6.54 Å². The first-order valence-electron chi connectivity index (χ1n) is 6.66. The Morgan fingerprint density at radius 1 is 1.31 bits per heavy atom. The van der Waals surface area contributed by atoms with Crippen LogP contribution in [-0.4, -0.2) is 24.5 Å². The molecule has 0 spiro atoms. The molecule has 1 amide bonds. The molecule has 0 aromatic rings. The standard InChI is InChI=1S/C13H26N2O/c1-4-12(10(2)3)15-13(16)9-14-11-7-5-6-8-11/h10-12,14H,4-9H2,1-3H3,(H,15,16). The molecule has 0 heterocycles. The molecule has 94 valence electrons. The van der Waals surface area contributed by atoms with Gasteiger partial charge in [-0.3, -0.25) is 4.79 Å². The van der Waals surface area contributed by atoms with E-state index in [2.05, 4.69) is 31.4 Å². The summed E-state index contributed by atoms with van der Waals surface area (Å²) in [5.74, 6) is 0.660. The van der Waals surface area contributed by atoms with E-state index in [4.69, 9.17) is 0 Å². The molecule has 1 fully saturated rings. The Labute approximate surface area is 99.4 Å². The molecule has 1 aliphatic carbocycles. The Morgan fingerprint density at radius 2 is 1.94 bits per heavy atom. The molecule has 3 heteroatoms. The van der Waals surface area contributed by atoms with Crippen LogP contribution in [0, 0.1) is 5.92 Å². The van der Waals surface area contributed by atoms with Gasteiger partial charge in [-0.15, -0.1) is 0 Å². The lowest BCUT2D eigenvalue weighted by molar-refractivity contribution is -0.121. The van der Waals surface area contributed by atoms with E-state index < -0.39 is 0 Å². The van der Waals surface area contributed by atoms with Gasteiger partial charge < -0.3 is 10.6 Å². The van der Waals surface area contributed by atoms with Crippen molar-refractivity contribution in [1.82, 2.24) is 10.6 Å². The number of hydrogen-bond donors (Lipinski definition) is 2. The number of carbonyl (C=O) groups excluding carboxylic acids is 1. The second-order valence-corrected chi connectivity index (χ2v) is 5.19. The zero-order valence-corrected chi connectivity index (χ0v) is 10.9. The predicted octanol–water partition coefficient (Wildman–Crippen LogP) is 2.07. The van der Waals surface area contributed by atoms with E-state index in [1.54, 1.807) is 0 Å². The van der Waals surface area contributed by atoms with E-state index in [0.717, 1.165) is 6.42 Å². The molecule has 3 nitrogen and oxygen atoms in total. The van der Waals surface area contributed by atoms with Crippen LogP contribution in [0.25, 0.3) is 0 Å². The average Bonchev–Trinajstić information content (AvgIpc) is 2.75. The summed E-state index contributed by atoms with van der Waals surface area (Å²) in [6.45, 7) is 6.90. The van der Waals surface area contributed by atoms with E-state index in [1.165, 1.54) is 25.7 Å². The Balaban J connectivity index is 2.18. The molecule has 0 aromatic heterocycles. The van der Waals surface area contributed by atoms with Crippen LogP contribution in [0.2, 0.25) is 0 Å². The highest BCUT2D eigenvalue weighted by molar-refractivity contribution is 5.78. The van der Waals surface area contributed by atoms with Gasteiger partial charge in [-0.2, -0.15) is 0 Å². The second-order valence-electron chi connectivity index (χ2n) is 5.19. The highest BCUT2D eigenvalue weighted by Gasteiger charge is 2.17. The fourth-order valence-corrected chi connectivity index (χ4v) is 2.36. The van der Waals surface area contributed by atoms with E-state index in [1.807, 2.05) is 0 Å². The van der Waals surface area contributed by atoms with Gasteiger partial charge in [-0.25, -0.2) is 0 Å². The minimum absolute atomic E-state index is 0.146. The monoisotopic (exact) mass is 226 g/mol. The fraction of sp³-hybridized carbons (Fsp3) is 0.923. The molecule has 0 aromatic carbocycles. The normalized spacial score (nSPS) is 19.0. The van der Waals surface area contributed by atoms with Crippen molar-refractivity contribution in [2.24, 2.45) is 5.92 Å². The third kappa shape index (κ3) is 4.52. The summed E-state index contributed by atoms with van der Waals surface area (Å²) in [5, 5.41) is 6.43. The molecule has 0 aliphatic heterocycles. The molecule has 2 N–H and O–H groups in total. The molecule has 0 bridgehead atoms.